The number of nitrogens with one attached hydrogen (secondary N) is 1. The molecule has 0 saturated carbocycles. The van der Waals surface area contributed by atoms with Crippen molar-refractivity contribution in [3.8, 4) is 0 Å². The predicted molar refractivity (Wildman–Crippen MR) is 71.7 cm³/mol. The van der Waals surface area contributed by atoms with Gasteiger partial charge in [-0.3, -0.25) is 5.43 Å². The van der Waals surface area contributed by atoms with Gasteiger partial charge in [0.25, 0.3) is 0 Å². The van der Waals surface area contributed by atoms with Gasteiger partial charge in [-0.1, -0.05) is 36.4 Å². The molecule has 0 saturated heterocycles. The van der Waals surface area contributed by atoms with Crippen LogP contribution in [0.4, 0.5) is 16.2 Å². The first-order valence-corrected chi connectivity index (χ1v) is 5.59. The van der Waals surface area contributed by atoms with Gasteiger partial charge in [-0.25, -0.2) is 4.79 Å². The quantitative estimate of drug-likeness (QED) is 0.810. The van der Waals surface area contributed by atoms with Crippen molar-refractivity contribution in [2.45, 2.75) is 6.92 Å². The van der Waals surface area contributed by atoms with Gasteiger partial charge in [0.2, 0.25) is 0 Å². The summed E-state index contributed by atoms with van der Waals surface area (Å²) >= 11 is 0. The number of hydrogen-bond donors (Lipinski definition) is 2. The van der Waals surface area contributed by atoms with Crippen LogP contribution in [0.3, 0.4) is 0 Å². The van der Waals surface area contributed by atoms with Crippen molar-refractivity contribution in [3.63, 3.8) is 0 Å². The van der Waals surface area contributed by atoms with Crippen LogP contribution in [-0.2, 0) is 0 Å². The summed E-state index contributed by atoms with van der Waals surface area (Å²) in [6.07, 6.45) is -1.05. The lowest BCUT2D eigenvalue weighted by atomic mass is 10.2. The first-order chi connectivity index (χ1) is 8.68. The number of hydrogen-bond acceptors (Lipinski definition) is 2. The molecule has 4 heteroatoms. The second-order valence-corrected chi connectivity index (χ2v) is 3.88. The molecular weight excluding hydrogens is 228 g/mol. The second-order valence-electron chi connectivity index (χ2n) is 3.88. The molecule has 0 aliphatic carbocycles. The molecule has 0 bridgehead atoms. The number of nitrogens with zero attached hydrogens (tertiary/aromatic N) is 1. The van der Waals surface area contributed by atoms with E-state index in [-0.39, 0.29) is 0 Å². The van der Waals surface area contributed by atoms with Gasteiger partial charge in [0.15, 0.2) is 0 Å². The highest BCUT2D eigenvalue weighted by molar-refractivity contribution is 5.89. The molecule has 0 heterocycles. The van der Waals surface area contributed by atoms with E-state index < -0.39 is 6.09 Å². The van der Waals surface area contributed by atoms with E-state index in [1.807, 2.05) is 55.5 Å². The smallest absolute Gasteiger partial charge is 0.430 e. The molecule has 0 aliphatic heterocycles. The van der Waals surface area contributed by atoms with Crippen LogP contribution in [0.15, 0.2) is 54.6 Å². The Morgan fingerprint density at radius 2 is 1.67 bits per heavy atom. The number of benzene rings is 2. The van der Waals surface area contributed by atoms with E-state index >= 15 is 0 Å². The SMILES string of the molecule is Cc1ccccc1N(Nc1ccccc1)C(=O)O. The van der Waals surface area contributed by atoms with Crippen LogP contribution in [-0.4, -0.2) is 11.2 Å². The molecule has 2 aromatic rings. The van der Waals surface area contributed by atoms with Gasteiger partial charge >= 0.3 is 6.09 Å². The van der Waals surface area contributed by atoms with Gasteiger partial charge in [0.1, 0.15) is 0 Å². The molecule has 0 radical (unpaired) electrons. The Morgan fingerprint density at radius 3 is 2.28 bits per heavy atom. The largest absolute Gasteiger partial charge is 0.463 e. The Hall–Kier alpha value is -2.49. The lowest BCUT2D eigenvalue weighted by molar-refractivity contribution is 0.203. The van der Waals surface area contributed by atoms with Gasteiger partial charge in [0, 0.05) is 0 Å². The summed E-state index contributed by atoms with van der Waals surface area (Å²) in [7, 11) is 0. The third kappa shape index (κ3) is 2.60. The minimum absolute atomic E-state index is 0.619. The normalized spacial score (nSPS) is 9.83. The van der Waals surface area contributed by atoms with E-state index in [2.05, 4.69) is 5.43 Å². The Labute approximate surface area is 105 Å². The number of carboxylic acid groups (broad SMARTS) is 1. The molecule has 0 aromatic heterocycles. The van der Waals surface area contributed by atoms with E-state index in [9.17, 15) is 9.90 Å². The van der Waals surface area contributed by atoms with Crippen LogP contribution in [0.5, 0.6) is 0 Å². The van der Waals surface area contributed by atoms with Crippen molar-refractivity contribution in [3.05, 3.63) is 60.2 Å². The van der Waals surface area contributed by atoms with E-state index in [1.165, 1.54) is 0 Å². The zero-order valence-corrected chi connectivity index (χ0v) is 10.00. The van der Waals surface area contributed by atoms with Crippen LogP contribution in [0.25, 0.3) is 0 Å². The molecule has 0 unspecified atom stereocenters. The fourth-order valence-corrected chi connectivity index (χ4v) is 1.67. The standard InChI is InChI=1S/C14H14N2O2/c1-11-7-5-6-10-13(11)16(14(17)18)15-12-8-3-2-4-9-12/h2-10,15H,1H3,(H,17,18). The first-order valence-electron chi connectivity index (χ1n) is 5.59. The minimum atomic E-state index is -1.05. The summed E-state index contributed by atoms with van der Waals surface area (Å²) in [5.41, 5.74) is 5.11. The van der Waals surface area contributed by atoms with Gasteiger partial charge < -0.3 is 5.11 Å². The monoisotopic (exact) mass is 242 g/mol. The minimum Gasteiger partial charge on any atom is -0.463 e. The number of aryl methyl sites for hydroxylation is 1. The molecule has 2 N–H and O–H groups in total. The lowest BCUT2D eigenvalue weighted by Crippen LogP contribution is -2.35. The third-order valence-electron chi connectivity index (χ3n) is 2.56. The van der Waals surface area contributed by atoms with Gasteiger partial charge in [0.05, 0.1) is 11.4 Å². The van der Waals surface area contributed by atoms with Crippen molar-refractivity contribution in [2.75, 3.05) is 10.4 Å². The van der Waals surface area contributed by atoms with Gasteiger partial charge in [-0.05, 0) is 30.7 Å². The van der Waals surface area contributed by atoms with Crippen LogP contribution < -0.4 is 10.4 Å². The van der Waals surface area contributed by atoms with Crippen molar-refractivity contribution >= 4 is 17.5 Å². The maximum Gasteiger partial charge on any atom is 0.430 e. The van der Waals surface area contributed by atoms with E-state index in [0.717, 1.165) is 16.3 Å². The van der Waals surface area contributed by atoms with Gasteiger partial charge in [-0.2, -0.15) is 5.01 Å². The molecule has 0 fully saturated rings. The fourth-order valence-electron chi connectivity index (χ4n) is 1.67. The maximum absolute atomic E-state index is 11.3. The summed E-state index contributed by atoms with van der Waals surface area (Å²) in [6.45, 7) is 1.87. The average Bonchev–Trinajstić information content (AvgIpc) is 2.38. The lowest BCUT2D eigenvalue weighted by Gasteiger charge is -2.22. The van der Waals surface area contributed by atoms with Crippen molar-refractivity contribution < 1.29 is 9.90 Å². The van der Waals surface area contributed by atoms with E-state index in [1.54, 1.807) is 6.07 Å². The van der Waals surface area contributed by atoms with Crippen molar-refractivity contribution in [1.29, 1.82) is 0 Å². The zero-order chi connectivity index (χ0) is 13.0. The molecule has 2 aromatic carbocycles. The molecule has 0 atom stereocenters. The van der Waals surface area contributed by atoms with Crippen molar-refractivity contribution in [2.24, 2.45) is 0 Å². The fraction of sp³-hybridized carbons (Fsp3) is 0.0714. The Kier molecular flexibility index (Phi) is 3.48. The Balaban J connectivity index is 2.30. The molecule has 92 valence electrons. The summed E-state index contributed by atoms with van der Waals surface area (Å²) in [6, 6.07) is 16.5. The van der Waals surface area contributed by atoms with E-state index in [4.69, 9.17) is 0 Å². The Morgan fingerprint density at radius 1 is 1.06 bits per heavy atom. The number of rotatable bonds is 3. The highest BCUT2D eigenvalue weighted by Gasteiger charge is 2.15. The zero-order valence-electron chi connectivity index (χ0n) is 10.00. The third-order valence-corrected chi connectivity index (χ3v) is 2.56. The summed E-state index contributed by atoms with van der Waals surface area (Å²) < 4.78 is 0. The summed E-state index contributed by atoms with van der Waals surface area (Å²) in [5, 5.41) is 10.4. The maximum atomic E-state index is 11.3. The Bertz CT molecular complexity index is 541. The molecule has 4 nitrogen and oxygen atoms in total. The number of hydrazine groups is 1. The predicted octanol–water partition coefficient (Wildman–Crippen LogP) is 3.51. The number of amides is 1. The molecular formula is C14H14N2O2. The van der Waals surface area contributed by atoms with Crippen LogP contribution in [0.1, 0.15) is 5.56 Å². The topological polar surface area (TPSA) is 52.6 Å². The van der Waals surface area contributed by atoms with Crippen LogP contribution in [0.2, 0.25) is 0 Å². The van der Waals surface area contributed by atoms with E-state index in [0.29, 0.717) is 5.69 Å². The summed E-state index contributed by atoms with van der Waals surface area (Å²) in [4.78, 5) is 11.3. The number of para-hydroxylation sites is 2. The van der Waals surface area contributed by atoms with Crippen molar-refractivity contribution in [1.82, 2.24) is 0 Å². The number of anilines is 2. The summed E-state index contributed by atoms with van der Waals surface area (Å²) in [5.74, 6) is 0. The van der Waals surface area contributed by atoms with Gasteiger partial charge in [-0.15, -0.1) is 0 Å². The molecule has 1 amide bonds. The number of carbonyl (C=O) groups is 1. The highest BCUT2D eigenvalue weighted by Crippen LogP contribution is 2.20. The molecule has 0 aliphatic rings. The average molecular weight is 242 g/mol. The second kappa shape index (κ2) is 5.23. The molecule has 18 heavy (non-hydrogen) atoms. The molecule has 0 spiro atoms. The first kappa shape index (κ1) is 12.0. The van der Waals surface area contributed by atoms with Crippen LogP contribution >= 0.6 is 0 Å². The molecule has 2 rings (SSSR count). The van der Waals surface area contributed by atoms with Crippen LogP contribution in [0, 0.1) is 6.92 Å². The highest BCUT2D eigenvalue weighted by atomic mass is 16.4.